The molecule has 1 aromatic carbocycles. The summed E-state index contributed by atoms with van der Waals surface area (Å²) < 4.78 is 18.6. The van der Waals surface area contributed by atoms with Crippen LogP contribution in [0.1, 0.15) is 5.56 Å². The normalized spacial score (nSPS) is 12.8. The summed E-state index contributed by atoms with van der Waals surface area (Å²) >= 11 is 6.92. The Morgan fingerprint density at radius 3 is 3.12 bits per heavy atom. The molecule has 0 saturated heterocycles. The number of nitrogens with one attached hydrogen (secondary N) is 1. The van der Waals surface area contributed by atoms with Crippen LogP contribution >= 0.6 is 23.3 Å². The molecule has 2 aromatic rings. The van der Waals surface area contributed by atoms with Crippen LogP contribution in [0.25, 0.3) is 0 Å². The lowest BCUT2D eigenvalue weighted by Gasteiger charge is -2.06. The van der Waals surface area contributed by atoms with E-state index >= 15 is 0 Å². The Balaban J connectivity index is 1.78. The first-order chi connectivity index (χ1) is 8.34. The van der Waals surface area contributed by atoms with Crippen molar-refractivity contribution in [2.24, 2.45) is 0 Å². The summed E-state index contributed by atoms with van der Waals surface area (Å²) in [6.45, 7) is 0.836. The molecule has 7 heteroatoms. The van der Waals surface area contributed by atoms with Crippen molar-refractivity contribution < 1.29 is 9.47 Å². The van der Waals surface area contributed by atoms with Gasteiger partial charge in [0.1, 0.15) is 0 Å². The number of fused-ring (bicyclic) bond motifs is 1. The maximum Gasteiger partial charge on any atom is 0.231 e. The van der Waals surface area contributed by atoms with Gasteiger partial charge in [-0.2, -0.15) is 8.75 Å². The molecule has 88 valence electrons. The van der Waals surface area contributed by atoms with Crippen molar-refractivity contribution in [1.29, 1.82) is 0 Å². The van der Waals surface area contributed by atoms with Gasteiger partial charge >= 0.3 is 0 Å². The van der Waals surface area contributed by atoms with E-state index in [4.69, 9.17) is 21.1 Å². The SMILES string of the molecule is Clc1nsnc1NCc1cccc2c1OCO2. The Hall–Kier alpha value is -1.53. The van der Waals surface area contributed by atoms with Crippen LogP contribution in [-0.4, -0.2) is 15.5 Å². The molecule has 1 aromatic heterocycles. The standard InChI is InChI=1S/C10H8ClN3O2S/c11-9-10(14-17-13-9)12-4-6-2-1-3-7-8(6)16-5-15-7/h1-3H,4-5H2,(H,12,14). The minimum atomic E-state index is 0.269. The second-order valence-electron chi connectivity index (χ2n) is 3.41. The third-order valence-electron chi connectivity index (χ3n) is 2.37. The molecule has 0 atom stereocenters. The molecule has 1 N–H and O–H groups in total. The number of para-hydroxylation sites is 1. The highest BCUT2D eigenvalue weighted by molar-refractivity contribution is 6.99. The zero-order chi connectivity index (χ0) is 11.7. The Labute approximate surface area is 107 Å². The minimum Gasteiger partial charge on any atom is -0.454 e. The number of nitrogens with zero attached hydrogens (tertiary/aromatic N) is 2. The second kappa shape index (κ2) is 4.38. The van der Waals surface area contributed by atoms with Gasteiger partial charge in [0, 0.05) is 12.1 Å². The van der Waals surface area contributed by atoms with Crippen molar-refractivity contribution in [3.63, 3.8) is 0 Å². The lowest BCUT2D eigenvalue weighted by atomic mass is 10.2. The molecule has 0 unspecified atom stereocenters. The largest absolute Gasteiger partial charge is 0.454 e. The Morgan fingerprint density at radius 1 is 1.35 bits per heavy atom. The van der Waals surface area contributed by atoms with Gasteiger partial charge in [0.25, 0.3) is 0 Å². The molecule has 17 heavy (non-hydrogen) atoms. The van der Waals surface area contributed by atoms with E-state index in [1.165, 1.54) is 0 Å². The van der Waals surface area contributed by atoms with E-state index in [1.807, 2.05) is 18.2 Å². The van der Waals surface area contributed by atoms with Gasteiger partial charge in [-0.15, -0.1) is 0 Å². The molecule has 0 spiro atoms. The van der Waals surface area contributed by atoms with Crippen LogP contribution in [0, 0.1) is 0 Å². The van der Waals surface area contributed by atoms with Crippen molar-refractivity contribution in [3.05, 3.63) is 28.9 Å². The molecule has 2 heterocycles. The van der Waals surface area contributed by atoms with Gasteiger partial charge in [0.05, 0.1) is 11.7 Å². The van der Waals surface area contributed by atoms with E-state index in [-0.39, 0.29) is 6.79 Å². The zero-order valence-corrected chi connectivity index (χ0v) is 10.2. The average molecular weight is 270 g/mol. The number of benzene rings is 1. The molecule has 0 fully saturated rings. The van der Waals surface area contributed by atoms with Crippen molar-refractivity contribution >= 4 is 29.1 Å². The fourth-order valence-corrected chi connectivity index (χ4v) is 2.28. The maximum atomic E-state index is 5.84. The number of anilines is 1. The fourth-order valence-electron chi connectivity index (χ4n) is 1.59. The summed E-state index contributed by atoms with van der Waals surface area (Å²) in [5.41, 5.74) is 1.00. The number of hydrogen-bond donors (Lipinski definition) is 1. The Bertz CT molecular complexity index is 546. The summed E-state index contributed by atoms with van der Waals surface area (Å²) in [7, 11) is 0. The minimum absolute atomic E-state index is 0.269. The monoisotopic (exact) mass is 269 g/mol. The van der Waals surface area contributed by atoms with Gasteiger partial charge < -0.3 is 14.8 Å². The van der Waals surface area contributed by atoms with Gasteiger partial charge in [-0.3, -0.25) is 0 Å². The van der Waals surface area contributed by atoms with Crippen LogP contribution in [-0.2, 0) is 6.54 Å². The van der Waals surface area contributed by atoms with Gasteiger partial charge in [0.2, 0.25) is 6.79 Å². The molecule has 5 nitrogen and oxygen atoms in total. The zero-order valence-electron chi connectivity index (χ0n) is 8.64. The van der Waals surface area contributed by atoms with Crippen LogP contribution < -0.4 is 14.8 Å². The number of halogens is 1. The highest BCUT2D eigenvalue weighted by atomic mass is 35.5. The first-order valence-corrected chi connectivity index (χ1v) is 6.05. The Morgan fingerprint density at radius 2 is 2.29 bits per heavy atom. The molecule has 0 amide bonds. The average Bonchev–Trinajstić information content (AvgIpc) is 2.95. The fraction of sp³-hybridized carbons (Fsp3) is 0.200. The summed E-state index contributed by atoms with van der Waals surface area (Å²) in [4.78, 5) is 0. The van der Waals surface area contributed by atoms with Gasteiger partial charge in [0.15, 0.2) is 22.5 Å². The van der Waals surface area contributed by atoms with E-state index in [0.29, 0.717) is 17.5 Å². The van der Waals surface area contributed by atoms with Crippen LogP contribution in [0.3, 0.4) is 0 Å². The molecular weight excluding hydrogens is 262 g/mol. The van der Waals surface area contributed by atoms with Crippen molar-refractivity contribution in [2.75, 3.05) is 12.1 Å². The van der Waals surface area contributed by atoms with E-state index in [2.05, 4.69) is 14.1 Å². The third-order valence-corrected chi connectivity index (χ3v) is 3.27. The molecule has 3 rings (SSSR count). The van der Waals surface area contributed by atoms with E-state index in [1.54, 1.807) is 0 Å². The first-order valence-electron chi connectivity index (χ1n) is 4.94. The summed E-state index contributed by atoms with van der Waals surface area (Å²) in [5, 5.41) is 3.50. The number of rotatable bonds is 3. The first kappa shape index (κ1) is 10.6. The van der Waals surface area contributed by atoms with E-state index < -0.39 is 0 Å². The quantitative estimate of drug-likeness (QED) is 0.928. The lowest BCUT2D eigenvalue weighted by molar-refractivity contribution is 0.173. The Kier molecular flexibility index (Phi) is 2.74. The smallest absolute Gasteiger partial charge is 0.231 e. The van der Waals surface area contributed by atoms with Crippen LogP contribution in [0.5, 0.6) is 11.5 Å². The van der Waals surface area contributed by atoms with E-state index in [9.17, 15) is 0 Å². The van der Waals surface area contributed by atoms with Gasteiger partial charge in [-0.1, -0.05) is 23.7 Å². The molecule has 0 bridgehead atoms. The summed E-state index contributed by atoms with van der Waals surface area (Å²) in [5.74, 6) is 2.14. The molecule has 0 radical (unpaired) electrons. The summed E-state index contributed by atoms with van der Waals surface area (Å²) in [6.07, 6.45) is 0. The number of hydrogen-bond acceptors (Lipinski definition) is 6. The molecule has 1 aliphatic rings. The molecular formula is C10H8ClN3O2S. The summed E-state index contributed by atoms with van der Waals surface area (Å²) in [6, 6.07) is 5.77. The number of aromatic nitrogens is 2. The molecule has 0 saturated carbocycles. The lowest BCUT2D eigenvalue weighted by Crippen LogP contribution is -2.01. The van der Waals surface area contributed by atoms with Gasteiger partial charge in [-0.25, -0.2) is 0 Å². The van der Waals surface area contributed by atoms with Gasteiger partial charge in [-0.05, 0) is 6.07 Å². The van der Waals surface area contributed by atoms with Crippen molar-refractivity contribution in [3.8, 4) is 11.5 Å². The van der Waals surface area contributed by atoms with E-state index in [0.717, 1.165) is 28.8 Å². The maximum absolute atomic E-state index is 5.84. The molecule has 0 aliphatic carbocycles. The van der Waals surface area contributed by atoms with Crippen LogP contribution in [0.4, 0.5) is 5.82 Å². The third kappa shape index (κ3) is 2.01. The topological polar surface area (TPSA) is 56.3 Å². The molecule has 1 aliphatic heterocycles. The highest BCUT2D eigenvalue weighted by Crippen LogP contribution is 2.35. The predicted octanol–water partition coefficient (Wildman–Crippen LogP) is 2.53. The van der Waals surface area contributed by atoms with Crippen molar-refractivity contribution in [2.45, 2.75) is 6.54 Å². The predicted molar refractivity (Wildman–Crippen MR) is 64.8 cm³/mol. The second-order valence-corrected chi connectivity index (χ2v) is 4.29. The van der Waals surface area contributed by atoms with Crippen LogP contribution in [0.15, 0.2) is 18.2 Å². The highest BCUT2D eigenvalue weighted by Gasteiger charge is 2.17. The van der Waals surface area contributed by atoms with Crippen molar-refractivity contribution in [1.82, 2.24) is 8.75 Å². The number of ether oxygens (including phenoxy) is 2. The van der Waals surface area contributed by atoms with Crippen LogP contribution in [0.2, 0.25) is 5.15 Å².